The normalized spacial score (nSPS) is 13.4. The maximum absolute atomic E-state index is 12.4. The minimum atomic E-state index is -3.97. The van der Waals surface area contributed by atoms with Gasteiger partial charge in [0, 0.05) is 13.6 Å². The molecule has 6 nitrogen and oxygen atoms in total. The van der Waals surface area contributed by atoms with Crippen molar-refractivity contribution in [3.63, 3.8) is 0 Å². The van der Waals surface area contributed by atoms with Crippen LogP contribution in [0.15, 0.2) is 17.0 Å². The summed E-state index contributed by atoms with van der Waals surface area (Å²) < 4.78 is 25.8. The van der Waals surface area contributed by atoms with E-state index in [0.29, 0.717) is 0 Å². The minimum absolute atomic E-state index is 0.0708. The van der Waals surface area contributed by atoms with Crippen LogP contribution in [0.2, 0.25) is 10.0 Å². The Morgan fingerprint density at radius 3 is 2.43 bits per heavy atom. The van der Waals surface area contributed by atoms with Crippen molar-refractivity contribution >= 4 is 39.2 Å². The molecule has 1 unspecified atom stereocenters. The molecule has 1 aromatic carbocycles. The Bertz CT molecular complexity index is 645. The Kier molecular flexibility index (Phi) is 6.01. The summed E-state index contributed by atoms with van der Waals surface area (Å²) in [6.45, 7) is 1.61. The van der Waals surface area contributed by atoms with Gasteiger partial charge in [-0.1, -0.05) is 23.2 Å². The van der Waals surface area contributed by atoms with Crippen molar-refractivity contribution in [1.82, 2.24) is 4.31 Å². The van der Waals surface area contributed by atoms with Crippen molar-refractivity contribution in [2.24, 2.45) is 0 Å². The van der Waals surface area contributed by atoms with Gasteiger partial charge >= 0.3 is 5.97 Å². The Morgan fingerprint density at radius 2 is 1.95 bits per heavy atom. The highest BCUT2D eigenvalue weighted by Gasteiger charge is 2.28. The lowest BCUT2D eigenvalue weighted by Crippen LogP contribution is -2.30. The number of aliphatic hydroxyl groups is 1. The second-order valence-electron chi connectivity index (χ2n) is 4.50. The van der Waals surface area contributed by atoms with Gasteiger partial charge < -0.3 is 10.2 Å². The summed E-state index contributed by atoms with van der Waals surface area (Å²) in [4.78, 5) is 10.8. The van der Waals surface area contributed by atoms with Crippen molar-refractivity contribution in [2.75, 3.05) is 13.6 Å². The van der Waals surface area contributed by atoms with Gasteiger partial charge in [-0.15, -0.1) is 0 Å². The number of carboxylic acid groups (broad SMARTS) is 1. The standard InChI is InChI=1S/C12H15Cl2NO5S/c1-7(16)5-6-15(2)21(19,20)9-4-3-8(13)10(11(9)14)12(17)18/h3-4,7,16H,5-6H2,1-2H3,(H,17,18). The molecule has 0 saturated carbocycles. The van der Waals surface area contributed by atoms with Crippen LogP contribution in [0.1, 0.15) is 23.7 Å². The van der Waals surface area contributed by atoms with Gasteiger partial charge in [0.15, 0.2) is 0 Å². The van der Waals surface area contributed by atoms with Gasteiger partial charge in [-0.05, 0) is 25.5 Å². The third-order valence-electron chi connectivity index (χ3n) is 2.82. The Morgan fingerprint density at radius 1 is 1.38 bits per heavy atom. The number of carbonyl (C=O) groups is 1. The molecule has 0 fully saturated rings. The topological polar surface area (TPSA) is 94.9 Å². The van der Waals surface area contributed by atoms with Gasteiger partial charge in [-0.2, -0.15) is 0 Å². The van der Waals surface area contributed by atoms with Crippen LogP contribution in [0, 0.1) is 0 Å². The molecule has 0 spiro atoms. The highest BCUT2D eigenvalue weighted by atomic mass is 35.5. The van der Waals surface area contributed by atoms with E-state index in [1.54, 1.807) is 0 Å². The average Bonchev–Trinajstić information content (AvgIpc) is 2.34. The monoisotopic (exact) mass is 355 g/mol. The number of hydrogen-bond donors (Lipinski definition) is 2. The zero-order valence-electron chi connectivity index (χ0n) is 11.4. The minimum Gasteiger partial charge on any atom is -0.478 e. The summed E-state index contributed by atoms with van der Waals surface area (Å²) in [7, 11) is -2.65. The summed E-state index contributed by atoms with van der Waals surface area (Å²) in [6, 6.07) is 2.33. The summed E-state index contributed by atoms with van der Waals surface area (Å²) in [5, 5.41) is 17.7. The lowest BCUT2D eigenvalue weighted by Gasteiger charge is -2.19. The van der Waals surface area contributed by atoms with Crippen LogP contribution in [0.3, 0.4) is 0 Å². The van der Waals surface area contributed by atoms with Gasteiger partial charge in [0.1, 0.15) is 4.90 Å². The molecular formula is C12H15Cl2NO5S. The third kappa shape index (κ3) is 4.08. The molecule has 0 heterocycles. The Hall–Kier alpha value is -0.860. The molecule has 1 aromatic rings. The molecule has 1 atom stereocenters. The Balaban J connectivity index is 3.27. The first-order valence-corrected chi connectivity index (χ1v) is 8.14. The number of benzene rings is 1. The molecule has 1 rings (SSSR count). The molecule has 118 valence electrons. The first-order chi connectivity index (χ1) is 9.59. The van der Waals surface area contributed by atoms with Gasteiger partial charge in [-0.25, -0.2) is 17.5 Å². The number of hydrogen-bond acceptors (Lipinski definition) is 4. The van der Waals surface area contributed by atoms with Crippen LogP contribution in [0.4, 0.5) is 0 Å². The second kappa shape index (κ2) is 6.93. The summed E-state index contributed by atoms with van der Waals surface area (Å²) in [5.41, 5.74) is -0.455. The van der Waals surface area contributed by atoms with E-state index in [4.69, 9.17) is 28.3 Å². The fraction of sp³-hybridized carbons (Fsp3) is 0.417. The molecule has 0 amide bonds. The number of nitrogens with zero attached hydrogens (tertiary/aromatic N) is 1. The number of aliphatic hydroxyl groups excluding tert-OH is 1. The molecule has 0 aliphatic rings. The van der Waals surface area contributed by atoms with Crippen LogP contribution < -0.4 is 0 Å². The highest BCUT2D eigenvalue weighted by molar-refractivity contribution is 7.89. The first-order valence-electron chi connectivity index (χ1n) is 5.94. The zero-order valence-corrected chi connectivity index (χ0v) is 13.7. The van der Waals surface area contributed by atoms with Gasteiger partial charge in [-0.3, -0.25) is 0 Å². The van der Waals surface area contributed by atoms with E-state index in [2.05, 4.69) is 0 Å². The number of sulfonamides is 1. The summed E-state index contributed by atoms with van der Waals surface area (Å²) >= 11 is 11.6. The van der Waals surface area contributed by atoms with Gasteiger partial charge in [0.25, 0.3) is 0 Å². The van der Waals surface area contributed by atoms with E-state index in [-0.39, 0.29) is 22.9 Å². The molecule has 9 heteroatoms. The van der Waals surface area contributed by atoms with Crippen molar-refractivity contribution in [2.45, 2.75) is 24.3 Å². The quantitative estimate of drug-likeness (QED) is 0.814. The first kappa shape index (κ1) is 18.2. The highest BCUT2D eigenvalue weighted by Crippen LogP contribution is 2.32. The van der Waals surface area contributed by atoms with Crippen LogP contribution in [0.25, 0.3) is 0 Å². The van der Waals surface area contributed by atoms with E-state index in [1.165, 1.54) is 20.0 Å². The molecular weight excluding hydrogens is 341 g/mol. The second-order valence-corrected chi connectivity index (χ2v) is 7.30. The number of aromatic carboxylic acids is 1. The van der Waals surface area contributed by atoms with Crippen molar-refractivity contribution in [1.29, 1.82) is 0 Å². The largest absolute Gasteiger partial charge is 0.478 e. The van der Waals surface area contributed by atoms with E-state index in [1.807, 2.05) is 0 Å². The van der Waals surface area contributed by atoms with E-state index in [9.17, 15) is 18.3 Å². The predicted octanol–water partition coefficient (Wildman–Crippen LogP) is 2.08. The molecule has 0 radical (unpaired) electrons. The maximum atomic E-state index is 12.4. The zero-order chi connectivity index (χ0) is 16.4. The molecule has 0 aromatic heterocycles. The lowest BCUT2D eigenvalue weighted by atomic mass is 10.2. The molecule has 21 heavy (non-hydrogen) atoms. The molecule has 0 saturated heterocycles. The van der Waals surface area contributed by atoms with Crippen LogP contribution in [-0.2, 0) is 10.0 Å². The van der Waals surface area contributed by atoms with Crippen molar-refractivity contribution < 1.29 is 23.4 Å². The van der Waals surface area contributed by atoms with E-state index >= 15 is 0 Å². The number of rotatable bonds is 6. The van der Waals surface area contributed by atoms with Crippen molar-refractivity contribution in [3.8, 4) is 0 Å². The van der Waals surface area contributed by atoms with Crippen LogP contribution in [-0.4, -0.2) is 48.6 Å². The SMILES string of the molecule is CC(O)CCN(C)S(=O)(=O)c1ccc(Cl)c(C(=O)O)c1Cl. The number of carboxylic acids is 1. The summed E-state index contributed by atoms with van der Waals surface area (Å²) in [5.74, 6) is -1.41. The Labute approximate surface area is 132 Å². The van der Waals surface area contributed by atoms with Gasteiger partial charge in [0.2, 0.25) is 10.0 Å². The van der Waals surface area contributed by atoms with E-state index in [0.717, 1.165) is 10.4 Å². The molecule has 0 aliphatic carbocycles. The lowest BCUT2D eigenvalue weighted by molar-refractivity contribution is 0.0697. The van der Waals surface area contributed by atoms with E-state index < -0.39 is 32.7 Å². The third-order valence-corrected chi connectivity index (χ3v) is 5.54. The molecule has 0 bridgehead atoms. The van der Waals surface area contributed by atoms with Crippen LogP contribution >= 0.6 is 23.2 Å². The fourth-order valence-corrected chi connectivity index (χ4v) is 3.66. The van der Waals surface area contributed by atoms with Gasteiger partial charge in [0.05, 0.1) is 21.7 Å². The predicted molar refractivity (Wildman–Crippen MR) is 79.5 cm³/mol. The average molecular weight is 356 g/mol. The summed E-state index contributed by atoms with van der Waals surface area (Å²) in [6.07, 6.45) is -0.412. The molecule has 0 aliphatic heterocycles. The van der Waals surface area contributed by atoms with Crippen LogP contribution in [0.5, 0.6) is 0 Å². The maximum Gasteiger partial charge on any atom is 0.338 e. The fourth-order valence-electron chi connectivity index (χ4n) is 1.59. The van der Waals surface area contributed by atoms with Crippen molar-refractivity contribution in [3.05, 3.63) is 27.7 Å². The molecule has 2 N–H and O–H groups in total. The smallest absolute Gasteiger partial charge is 0.338 e. The number of halogens is 2.